The summed E-state index contributed by atoms with van der Waals surface area (Å²) in [5.74, 6) is 0.309. The molecule has 0 N–H and O–H groups in total. The van der Waals surface area contributed by atoms with Crippen molar-refractivity contribution in [1.82, 2.24) is 29.1 Å². The molecule has 0 aliphatic carbocycles. The highest BCUT2D eigenvalue weighted by Gasteiger charge is 2.34. The Bertz CT molecular complexity index is 1390. The summed E-state index contributed by atoms with van der Waals surface area (Å²) in [6.45, 7) is 1.51. The molecule has 31 heavy (non-hydrogen) atoms. The van der Waals surface area contributed by atoms with Crippen molar-refractivity contribution < 1.29 is 21.6 Å². The number of pyridine rings is 2. The highest BCUT2D eigenvalue weighted by molar-refractivity contribution is 7.91. The molecular weight excluding hydrogens is 433 g/mol. The van der Waals surface area contributed by atoms with E-state index in [-0.39, 0.29) is 27.8 Å². The lowest BCUT2D eigenvalue weighted by Gasteiger charge is -2.07. The van der Waals surface area contributed by atoms with E-state index in [9.17, 15) is 21.6 Å². The van der Waals surface area contributed by atoms with E-state index in [1.807, 2.05) is 0 Å². The van der Waals surface area contributed by atoms with Crippen LogP contribution in [0.25, 0.3) is 33.9 Å². The van der Waals surface area contributed by atoms with Crippen LogP contribution in [0.15, 0.2) is 41.8 Å². The van der Waals surface area contributed by atoms with Gasteiger partial charge in [0.2, 0.25) is 0 Å². The molecule has 0 amide bonds. The van der Waals surface area contributed by atoms with Crippen LogP contribution in [0.2, 0.25) is 0 Å². The first kappa shape index (κ1) is 21.0. The molecule has 4 heterocycles. The lowest BCUT2D eigenvalue weighted by Crippen LogP contribution is -2.11. The standard InChI is InChI=1S/C19H17F3N6O2S/c1-4-31(29,30)18-15(26-16(28(18)3)11-5-7-23-8-6-11)17-25-12-9-14(19(20,21)22)24-10-13(12)27(17)2/h5-10H,4H2,1-3H3. The zero-order valence-electron chi connectivity index (χ0n) is 16.7. The zero-order valence-corrected chi connectivity index (χ0v) is 17.5. The number of aryl methyl sites for hydroxylation is 1. The van der Waals surface area contributed by atoms with Crippen LogP contribution in [-0.2, 0) is 30.1 Å². The second kappa shape index (κ2) is 7.15. The summed E-state index contributed by atoms with van der Waals surface area (Å²) in [5, 5.41) is -0.0655. The van der Waals surface area contributed by atoms with Crippen LogP contribution in [0.5, 0.6) is 0 Å². The molecule has 0 saturated heterocycles. The fraction of sp³-hybridized carbons (Fsp3) is 0.263. The molecule has 0 aliphatic heterocycles. The highest BCUT2D eigenvalue weighted by atomic mass is 32.2. The van der Waals surface area contributed by atoms with Crippen LogP contribution in [0.1, 0.15) is 12.6 Å². The SMILES string of the molecule is CCS(=O)(=O)c1c(-c2nc3cc(C(F)(F)F)ncc3n2C)nc(-c2ccncc2)n1C. The van der Waals surface area contributed by atoms with Crippen molar-refractivity contribution >= 4 is 20.9 Å². The number of sulfone groups is 1. The van der Waals surface area contributed by atoms with Crippen LogP contribution in [0.3, 0.4) is 0 Å². The Kier molecular flexibility index (Phi) is 4.84. The van der Waals surface area contributed by atoms with Crippen LogP contribution >= 0.6 is 0 Å². The zero-order chi connectivity index (χ0) is 22.6. The molecule has 0 aromatic carbocycles. The first-order valence-corrected chi connectivity index (χ1v) is 10.8. The Morgan fingerprint density at radius 3 is 2.32 bits per heavy atom. The monoisotopic (exact) mass is 450 g/mol. The summed E-state index contributed by atoms with van der Waals surface area (Å²) in [6, 6.07) is 4.20. The summed E-state index contributed by atoms with van der Waals surface area (Å²) in [5.41, 5.74) is -0.0289. The smallest absolute Gasteiger partial charge is 0.324 e. The summed E-state index contributed by atoms with van der Waals surface area (Å²) in [7, 11) is -0.602. The van der Waals surface area contributed by atoms with Gasteiger partial charge >= 0.3 is 6.18 Å². The van der Waals surface area contributed by atoms with Crippen molar-refractivity contribution in [2.45, 2.75) is 18.1 Å². The third kappa shape index (κ3) is 3.46. The second-order valence-corrected chi connectivity index (χ2v) is 9.03. The van der Waals surface area contributed by atoms with Crippen LogP contribution in [0, 0.1) is 0 Å². The molecule has 0 radical (unpaired) electrons. The number of hydrogen-bond acceptors (Lipinski definition) is 6. The minimum absolute atomic E-state index is 0.0378. The van der Waals surface area contributed by atoms with Gasteiger partial charge in [0.25, 0.3) is 0 Å². The second-order valence-electron chi connectivity index (χ2n) is 6.84. The minimum Gasteiger partial charge on any atom is -0.324 e. The van der Waals surface area contributed by atoms with Crippen molar-refractivity contribution in [2.24, 2.45) is 14.1 Å². The van der Waals surface area contributed by atoms with E-state index >= 15 is 0 Å². The summed E-state index contributed by atoms with van der Waals surface area (Å²) < 4.78 is 67.9. The van der Waals surface area contributed by atoms with Crippen molar-refractivity contribution in [2.75, 3.05) is 5.75 Å². The predicted octanol–water partition coefficient (Wildman–Crippen LogP) is 3.24. The molecular formula is C19H17F3N6O2S. The van der Waals surface area contributed by atoms with E-state index in [0.29, 0.717) is 16.9 Å². The first-order valence-electron chi connectivity index (χ1n) is 9.14. The summed E-state index contributed by atoms with van der Waals surface area (Å²) in [4.78, 5) is 16.2. The van der Waals surface area contributed by atoms with Gasteiger partial charge in [-0.15, -0.1) is 0 Å². The van der Waals surface area contributed by atoms with Gasteiger partial charge in [-0.1, -0.05) is 6.92 Å². The molecule has 0 aliphatic rings. The number of aromatic nitrogens is 6. The van der Waals surface area contributed by atoms with E-state index in [2.05, 4.69) is 19.9 Å². The van der Waals surface area contributed by atoms with Gasteiger partial charge in [-0.05, 0) is 18.2 Å². The molecule has 4 aromatic heterocycles. The maximum Gasteiger partial charge on any atom is 0.433 e. The first-order chi connectivity index (χ1) is 14.5. The third-order valence-corrected chi connectivity index (χ3v) is 6.74. The average Bonchev–Trinajstić information content (AvgIpc) is 3.25. The fourth-order valence-electron chi connectivity index (χ4n) is 3.34. The normalized spacial score (nSPS) is 12.6. The number of fused-ring (bicyclic) bond motifs is 1. The van der Waals surface area contributed by atoms with Gasteiger partial charge in [0.05, 0.1) is 23.0 Å². The third-order valence-electron chi connectivity index (χ3n) is 4.93. The quantitative estimate of drug-likeness (QED) is 0.474. The van der Waals surface area contributed by atoms with E-state index < -0.39 is 21.7 Å². The molecule has 0 spiro atoms. The maximum atomic E-state index is 13.1. The molecule has 0 atom stereocenters. The lowest BCUT2D eigenvalue weighted by molar-refractivity contribution is -0.141. The van der Waals surface area contributed by atoms with Crippen LogP contribution in [0.4, 0.5) is 13.2 Å². The number of halogens is 3. The van der Waals surface area contributed by atoms with E-state index in [1.165, 1.54) is 16.1 Å². The molecule has 4 rings (SSSR count). The largest absolute Gasteiger partial charge is 0.433 e. The molecule has 0 fully saturated rings. The van der Waals surface area contributed by atoms with Gasteiger partial charge in [0.1, 0.15) is 17.2 Å². The molecule has 162 valence electrons. The molecule has 0 unspecified atom stereocenters. The van der Waals surface area contributed by atoms with Crippen molar-refractivity contribution in [3.63, 3.8) is 0 Å². The molecule has 0 bridgehead atoms. The van der Waals surface area contributed by atoms with Crippen LogP contribution < -0.4 is 0 Å². The van der Waals surface area contributed by atoms with E-state index in [0.717, 1.165) is 12.3 Å². The van der Waals surface area contributed by atoms with E-state index in [4.69, 9.17) is 0 Å². The Hall–Kier alpha value is -3.28. The summed E-state index contributed by atoms with van der Waals surface area (Å²) in [6.07, 6.45) is -0.453. The lowest BCUT2D eigenvalue weighted by atomic mass is 10.2. The Balaban J connectivity index is 2.02. The number of nitrogens with zero attached hydrogens (tertiary/aromatic N) is 6. The number of imidazole rings is 2. The Labute approximate surface area is 175 Å². The van der Waals surface area contributed by atoms with Crippen LogP contribution in [-0.4, -0.2) is 43.2 Å². The Morgan fingerprint density at radius 1 is 1.03 bits per heavy atom. The molecule has 0 saturated carbocycles. The van der Waals surface area contributed by atoms with Gasteiger partial charge in [-0.3, -0.25) is 4.98 Å². The van der Waals surface area contributed by atoms with Gasteiger partial charge in [-0.25, -0.2) is 23.4 Å². The number of hydrogen-bond donors (Lipinski definition) is 0. The Morgan fingerprint density at radius 2 is 1.71 bits per heavy atom. The predicted molar refractivity (Wildman–Crippen MR) is 107 cm³/mol. The van der Waals surface area contributed by atoms with Crippen molar-refractivity contribution in [3.05, 3.63) is 42.5 Å². The molecule has 12 heteroatoms. The topological polar surface area (TPSA) is 95.6 Å². The van der Waals surface area contributed by atoms with Crippen molar-refractivity contribution in [3.8, 4) is 22.9 Å². The summed E-state index contributed by atoms with van der Waals surface area (Å²) >= 11 is 0. The van der Waals surface area contributed by atoms with Gasteiger partial charge in [-0.2, -0.15) is 13.2 Å². The fourth-order valence-corrected chi connectivity index (χ4v) is 4.55. The molecule has 4 aromatic rings. The van der Waals surface area contributed by atoms with Gasteiger partial charge < -0.3 is 9.13 Å². The van der Waals surface area contributed by atoms with Gasteiger partial charge in [0, 0.05) is 32.1 Å². The van der Waals surface area contributed by atoms with Gasteiger partial charge in [0.15, 0.2) is 20.7 Å². The average molecular weight is 450 g/mol. The highest BCUT2D eigenvalue weighted by Crippen LogP contribution is 2.34. The molecule has 8 nitrogen and oxygen atoms in total. The number of alkyl halides is 3. The van der Waals surface area contributed by atoms with E-state index in [1.54, 1.807) is 38.6 Å². The van der Waals surface area contributed by atoms with Crippen molar-refractivity contribution in [1.29, 1.82) is 0 Å². The minimum atomic E-state index is -4.62. The number of rotatable bonds is 4. The maximum absolute atomic E-state index is 13.1.